The molecule has 2 heterocycles. The first-order valence-corrected chi connectivity index (χ1v) is 9.23. The molecule has 0 spiro atoms. The van der Waals surface area contributed by atoms with E-state index in [0.717, 1.165) is 37.2 Å². The highest BCUT2D eigenvalue weighted by Crippen LogP contribution is 2.34. The largest absolute Gasteiger partial charge is 0.497 e. The Morgan fingerprint density at radius 2 is 2.15 bits per heavy atom. The second-order valence-corrected chi connectivity index (χ2v) is 7.41. The smallest absolute Gasteiger partial charge is 0.273 e. The summed E-state index contributed by atoms with van der Waals surface area (Å²) >= 11 is 6.37. The van der Waals surface area contributed by atoms with Gasteiger partial charge in [-0.1, -0.05) is 22.9 Å². The average molecular weight is 376 g/mol. The molecule has 1 saturated carbocycles. The van der Waals surface area contributed by atoms with E-state index in [1.54, 1.807) is 18.0 Å². The Morgan fingerprint density at radius 3 is 2.81 bits per heavy atom. The van der Waals surface area contributed by atoms with Crippen LogP contribution in [0.2, 0.25) is 5.02 Å². The summed E-state index contributed by atoms with van der Waals surface area (Å²) in [6.07, 6.45) is 3.98. The van der Waals surface area contributed by atoms with Gasteiger partial charge in [-0.2, -0.15) is 0 Å². The number of hydrogen-bond acceptors (Lipinski definition) is 5. The van der Waals surface area contributed by atoms with Crippen molar-refractivity contribution in [2.75, 3.05) is 20.2 Å². The van der Waals surface area contributed by atoms with Gasteiger partial charge in [-0.3, -0.25) is 9.69 Å². The first kappa shape index (κ1) is 17.3. The zero-order valence-electron chi connectivity index (χ0n) is 14.9. The van der Waals surface area contributed by atoms with Crippen molar-refractivity contribution in [3.8, 4) is 5.75 Å². The van der Waals surface area contributed by atoms with Crippen LogP contribution >= 0.6 is 11.6 Å². The molecule has 2 fully saturated rings. The molecule has 7 nitrogen and oxygen atoms in total. The first-order chi connectivity index (χ1) is 12.5. The van der Waals surface area contributed by atoms with E-state index < -0.39 is 0 Å². The quantitative estimate of drug-likeness (QED) is 0.839. The van der Waals surface area contributed by atoms with E-state index in [1.807, 2.05) is 18.2 Å². The van der Waals surface area contributed by atoms with E-state index in [4.69, 9.17) is 16.3 Å². The van der Waals surface area contributed by atoms with Crippen LogP contribution in [0.5, 0.6) is 5.75 Å². The van der Waals surface area contributed by atoms with Gasteiger partial charge in [-0.15, -0.1) is 5.10 Å². The fraction of sp³-hybridized carbons (Fsp3) is 0.500. The molecular formula is C18H22ClN5O2. The van der Waals surface area contributed by atoms with E-state index in [1.165, 1.54) is 0 Å². The van der Waals surface area contributed by atoms with E-state index in [2.05, 4.69) is 27.5 Å². The number of rotatable bonds is 6. The molecule has 1 amide bonds. The third-order valence-corrected chi connectivity index (χ3v) is 5.44. The van der Waals surface area contributed by atoms with Crippen LogP contribution in [0.25, 0.3) is 0 Å². The van der Waals surface area contributed by atoms with E-state index in [-0.39, 0.29) is 18.0 Å². The standard InChI is InChI=1S/C18H22ClN5O2/c1-11(15-6-5-14(26-2)7-16(15)19)23-8-12(9-23)20-18(25)17-10-24(22-21-17)13-3-4-13/h5-7,10-13H,3-4,8-9H2,1-2H3,(H,20,25). The maximum atomic E-state index is 12.3. The van der Waals surface area contributed by atoms with Crippen LogP contribution in [0.15, 0.2) is 24.4 Å². The van der Waals surface area contributed by atoms with Gasteiger partial charge in [0.1, 0.15) is 5.75 Å². The second kappa shape index (κ2) is 6.89. The summed E-state index contributed by atoms with van der Waals surface area (Å²) in [6.45, 7) is 3.69. The van der Waals surface area contributed by atoms with E-state index in [0.29, 0.717) is 16.8 Å². The predicted octanol–water partition coefficient (Wildman–Crippen LogP) is 2.45. The van der Waals surface area contributed by atoms with Crippen molar-refractivity contribution in [3.63, 3.8) is 0 Å². The van der Waals surface area contributed by atoms with Crippen LogP contribution in [0, 0.1) is 0 Å². The Kier molecular flexibility index (Phi) is 4.58. The Hall–Kier alpha value is -2.12. The average Bonchev–Trinajstić information content (AvgIpc) is 3.33. The maximum absolute atomic E-state index is 12.3. The van der Waals surface area contributed by atoms with Crippen molar-refractivity contribution in [2.45, 2.75) is 37.9 Å². The van der Waals surface area contributed by atoms with Gasteiger partial charge < -0.3 is 10.1 Å². The summed E-state index contributed by atoms with van der Waals surface area (Å²) in [6, 6.07) is 6.47. The molecule has 1 saturated heterocycles. The number of benzene rings is 1. The summed E-state index contributed by atoms with van der Waals surface area (Å²) in [5, 5.41) is 11.7. The van der Waals surface area contributed by atoms with E-state index in [9.17, 15) is 4.79 Å². The Morgan fingerprint density at radius 1 is 1.38 bits per heavy atom. The maximum Gasteiger partial charge on any atom is 0.273 e. The highest BCUT2D eigenvalue weighted by Gasteiger charge is 2.33. The van der Waals surface area contributed by atoms with Crippen LogP contribution in [-0.4, -0.2) is 52.0 Å². The first-order valence-electron chi connectivity index (χ1n) is 8.85. The lowest BCUT2D eigenvalue weighted by Crippen LogP contribution is -2.59. The highest BCUT2D eigenvalue weighted by molar-refractivity contribution is 6.31. The van der Waals surface area contributed by atoms with Gasteiger partial charge in [0.05, 0.1) is 25.4 Å². The van der Waals surface area contributed by atoms with E-state index >= 15 is 0 Å². The molecule has 0 bridgehead atoms. The van der Waals surface area contributed by atoms with Gasteiger partial charge in [0, 0.05) is 24.2 Å². The monoisotopic (exact) mass is 375 g/mol. The Labute approximate surface area is 157 Å². The molecule has 2 aliphatic rings. The third kappa shape index (κ3) is 3.41. The van der Waals surface area contributed by atoms with Gasteiger partial charge in [-0.25, -0.2) is 4.68 Å². The number of halogens is 1. The van der Waals surface area contributed by atoms with Crippen molar-refractivity contribution in [1.29, 1.82) is 0 Å². The minimum atomic E-state index is -0.156. The zero-order valence-corrected chi connectivity index (χ0v) is 15.6. The van der Waals surface area contributed by atoms with Crippen molar-refractivity contribution in [1.82, 2.24) is 25.2 Å². The van der Waals surface area contributed by atoms with Crippen LogP contribution in [0.1, 0.15) is 47.9 Å². The molecule has 8 heteroatoms. The predicted molar refractivity (Wildman–Crippen MR) is 97.5 cm³/mol. The normalized spacial score (nSPS) is 19.0. The number of hydrogen-bond donors (Lipinski definition) is 1. The number of nitrogens with one attached hydrogen (secondary N) is 1. The minimum absolute atomic E-state index is 0.119. The Bertz CT molecular complexity index is 814. The fourth-order valence-corrected chi connectivity index (χ4v) is 3.58. The number of amides is 1. The van der Waals surface area contributed by atoms with Gasteiger partial charge in [0.15, 0.2) is 5.69 Å². The van der Waals surface area contributed by atoms with Crippen molar-refractivity contribution in [2.24, 2.45) is 0 Å². The molecule has 26 heavy (non-hydrogen) atoms. The number of ether oxygens (including phenoxy) is 1. The minimum Gasteiger partial charge on any atom is -0.497 e. The topological polar surface area (TPSA) is 72.3 Å². The number of carbonyl (C=O) groups excluding carboxylic acids is 1. The van der Waals surface area contributed by atoms with Gasteiger partial charge in [0.2, 0.25) is 0 Å². The molecule has 1 aromatic heterocycles. The summed E-state index contributed by atoms with van der Waals surface area (Å²) in [7, 11) is 1.63. The van der Waals surface area contributed by atoms with Gasteiger partial charge in [0.25, 0.3) is 5.91 Å². The lowest BCUT2D eigenvalue weighted by molar-refractivity contribution is 0.0672. The molecular weight excluding hydrogens is 354 g/mol. The summed E-state index contributed by atoms with van der Waals surface area (Å²) in [5.74, 6) is 0.593. The molecule has 138 valence electrons. The van der Waals surface area contributed by atoms with Crippen LogP contribution in [0.3, 0.4) is 0 Å². The van der Waals surface area contributed by atoms with Crippen molar-refractivity contribution < 1.29 is 9.53 Å². The number of carbonyl (C=O) groups is 1. The highest BCUT2D eigenvalue weighted by atomic mass is 35.5. The van der Waals surface area contributed by atoms with Gasteiger partial charge >= 0.3 is 0 Å². The molecule has 1 aliphatic carbocycles. The summed E-state index contributed by atoms with van der Waals surface area (Å²) < 4.78 is 6.98. The summed E-state index contributed by atoms with van der Waals surface area (Å²) in [5.41, 5.74) is 1.45. The van der Waals surface area contributed by atoms with Gasteiger partial charge in [-0.05, 0) is 37.5 Å². The molecule has 1 aliphatic heterocycles. The van der Waals surface area contributed by atoms with Crippen LogP contribution in [0.4, 0.5) is 0 Å². The number of likely N-dealkylation sites (tertiary alicyclic amines) is 1. The van der Waals surface area contributed by atoms with Crippen LogP contribution < -0.4 is 10.1 Å². The number of methoxy groups -OCH3 is 1. The molecule has 1 unspecified atom stereocenters. The molecule has 0 radical (unpaired) electrons. The van der Waals surface area contributed by atoms with Crippen molar-refractivity contribution in [3.05, 3.63) is 40.7 Å². The second-order valence-electron chi connectivity index (χ2n) is 7.00. The Balaban J connectivity index is 1.31. The molecule has 1 N–H and O–H groups in total. The molecule has 2 aromatic rings. The van der Waals surface area contributed by atoms with Crippen LogP contribution in [-0.2, 0) is 0 Å². The lowest BCUT2D eigenvalue weighted by atomic mass is 10.00. The third-order valence-electron chi connectivity index (χ3n) is 5.11. The zero-order chi connectivity index (χ0) is 18.3. The molecule has 1 atom stereocenters. The SMILES string of the molecule is COc1ccc(C(C)N2CC(NC(=O)c3cn(C4CC4)nn3)C2)c(Cl)c1. The molecule has 1 aromatic carbocycles. The summed E-state index contributed by atoms with van der Waals surface area (Å²) in [4.78, 5) is 14.6. The van der Waals surface area contributed by atoms with Crippen molar-refractivity contribution >= 4 is 17.5 Å². The fourth-order valence-electron chi connectivity index (χ4n) is 3.25. The lowest BCUT2D eigenvalue weighted by Gasteiger charge is -2.43. The number of aromatic nitrogens is 3. The molecule has 4 rings (SSSR count). The number of nitrogens with zero attached hydrogens (tertiary/aromatic N) is 4.